The minimum atomic E-state index is 0.622. The Balaban J connectivity index is 1.90. The maximum atomic E-state index is 4.50. The fourth-order valence-electron chi connectivity index (χ4n) is 2.79. The highest BCUT2D eigenvalue weighted by Crippen LogP contribution is 2.31. The molecular weight excluding hydrogens is 210 g/mol. The van der Waals surface area contributed by atoms with Crippen LogP contribution in [0.1, 0.15) is 46.5 Å². The van der Waals surface area contributed by atoms with E-state index < -0.39 is 0 Å². The lowest BCUT2D eigenvalue weighted by molar-refractivity contribution is 0.264. The van der Waals surface area contributed by atoms with Crippen molar-refractivity contribution >= 4 is 5.82 Å². The highest BCUT2D eigenvalue weighted by molar-refractivity contribution is 5.33. The maximum Gasteiger partial charge on any atom is 0.148 e. The van der Waals surface area contributed by atoms with Crippen molar-refractivity contribution in [3.8, 4) is 0 Å². The molecule has 0 radical (unpaired) electrons. The standard InChI is InChI=1S/C14H25N3/c1-4-17-9-8-14(16-17)15-13-7-5-6-12(10-13)11(2)3/h8-9,11-13H,4-7,10H2,1-3H3,(H,15,16). The summed E-state index contributed by atoms with van der Waals surface area (Å²) in [5, 5.41) is 8.09. The molecule has 0 aromatic carbocycles. The van der Waals surface area contributed by atoms with E-state index in [4.69, 9.17) is 0 Å². The van der Waals surface area contributed by atoms with E-state index in [0.29, 0.717) is 6.04 Å². The minimum absolute atomic E-state index is 0.622. The van der Waals surface area contributed by atoms with Crippen molar-refractivity contribution in [2.24, 2.45) is 11.8 Å². The van der Waals surface area contributed by atoms with Crippen LogP contribution in [0.4, 0.5) is 5.82 Å². The normalized spacial score (nSPS) is 25.2. The number of hydrogen-bond acceptors (Lipinski definition) is 2. The van der Waals surface area contributed by atoms with Gasteiger partial charge in [-0.2, -0.15) is 5.10 Å². The molecule has 1 saturated carbocycles. The van der Waals surface area contributed by atoms with E-state index in [1.165, 1.54) is 25.7 Å². The molecule has 1 N–H and O–H groups in total. The molecule has 0 bridgehead atoms. The van der Waals surface area contributed by atoms with Crippen LogP contribution in [-0.2, 0) is 6.54 Å². The van der Waals surface area contributed by atoms with Crippen molar-refractivity contribution in [1.82, 2.24) is 9.78 Å². The summed E-state index contributed by atoms with van der Waals surface area (Å²) < 4.78 is 1.98. The topological polar surface area (TPSA) is 29.9 Å². The average Bonchev–Trinajstić information content (AvgIpc) is 2.77. The quantitative estimate of drug-likeness (QED) is 0.865. The number of nitrogens with one attached hydrogen (secondary N) is 1. The lowest BCUT2D eigenvalue weighted by Crippen LogP contribution is -2.29. The Morgan fingerprint density at radius 3 is 2.94 bits per heavy atom. The summed E-state index contributed by atoms with van der Waals surface area (Å²) in [6, 6.07) is 2.71. The number of hydrogen-bond donors (Lipinski definition) is 1. The Bertz CT molecular complexity index is 343. The van der Waals surface area contributed by atoms with Gasteiger partial charge in [-0.1, -0.05) is 26.7 Å². The zero-order chi connectivity index (χ0) is 12.3. The largest absolute Gasteiger partial charge is 0.366 e. The fraction of sp³-hybridized carbons (Fsp3) is 0.786. The minimum Gasteiger partial charge on any atom is -0.366 e. The first-order valence-corrected chi connectivity index (χ1v) is 6.99. The van der Waals surface area contributed by atoms with Gasteiger partial charge in [-0.05, 0) is 31.6 Å². The van der Waals surface area contributed by atoms with Crippen LogP contribution in [0.2, 0.25) is 0 Å². The van der Waals surface area contributed by atoms with Crippen LogP contribution in [-0.4, -0.2) is 15.8 Å². The summed E-state index contributed by atoms with van der Waals surface area (Å²) in [4.78, 5) is 0. The molecule has 2 atom stereocenters. The molecule has 1 aromatic rings. The van der Waals surface area contributed by atoms with Gasteiger partial charge in [0.05, 0.1) is 0 Å². The van der Waals surface area contributed by atoms with E-state index in [2.05, 4.69) is 37.3 Å². The molecule has 17 heavy (non-hydrogen) atoms. The molecule has 2 rings (SSSR count). The summed E-state index contributed by atoms with van der Waals surface area (Å²) in [7, 11) is 0. The van der Waals surface area contributed by atoms with Gasteiger partial charge < -0.3 is 5.32 Å². The Morgan fingerprint density at radius 1 is 1.47 bits per heavy atom. The third-order valence-corrected chi connectivity index (χ3v) is 3.97. The summed E-state index contributed by atoms with van der Waals surface area (Å²) in [6.45, 7) is 7.75. The summed E-state index contributed by atoms with van der Waals surface area (Å²) in [5.41, 5.74) is 0. The Labute approximate surface area is 105 Å². The van der Waals surface area contributed by atoms with Crippen LogP contribution < -0.4 is 5.32 Å². The number of nitrogens with zero attached hydrogens (tertiary/aromatic N) is 2. The second-order valence-electron chi connectivity index (χ2n) is 5.57. The van der Waals surface area contributed by atoms with E-state index in [-0.39, 0.29) is 0 Å². The Hall–Kier alpha value is -0.990. The van der Waals surface area contributed by atoms with Crippen molar-refractivity contribution in [2.75, 3.05) is 5.32 Å². The first-order valence-electron chi connectivity index (χ1n) is 6.99. The van der Waals surface area contributed by atoms with E-state index in [0.717, 1.165) is 24.2 Å². The van der Waals surface area contributed by atoms with Crippen LogP contribution in [0, 0.1) is 11.8 Å². The van der Waals surface area contributed by atoms with Gasteiger partial charge in [-0.25, -0.2) is 0 Å². The van der Waals surface area contributed by atoms with Crippen LogP contribution >= 0.6 is 0 Å². The molecule has 96 valence electrons. The Kier molecular flexibility index (Phi) is 4.08. The second-order valence-corrected chi connectivity index (χ2v) is 5.57. The zero-order valence-electron chi connectivity index (χ0n) is 11.3. The fourth-order valence-corrected chi connectivity index (χ4v) is 2.79. The zero-order valence-corrected chi connectivity index (χ0v) is 11.3. The predicted molar refractivity (Wildman–Crippen MR) is 72.1 cm³/mol. The average molecular weight is 235 g/mol. The number of anilines is 1. The molecule has 0 spiro atoms. The molecule has 1 heterocycles. The molecule has 3 heteroatoms. The van der Waals surface area contributed by atoms with Crippen LogP contribution in [0.15, 0.2) is 12.3 Å². The van der Waals surface area contributed by atoms with Gasteiger partial charge in [0.15, 0.2) is 0 Å². The smallest absolute Gasteiger partial charge is 0.148 e. The van der Waals surface area contributed by atoms with Gasteiger partial charge in [0.2, 0.25) is 0 Å². The molecule has 1 fully saturated rings. The van der Waals surface area contributed by atoms with E-state index >= 15 is 0 Å². The van der Waals surface area contributed by atoms with Crippen LogP contribution in [0.3, 0.4) is 0 Å². The SMILES string of the molecule is CCn1ccc(NC2CCCC(C(C)C)C2)n1. The van der Waals surface area contributed by atoms with E-state index in [1.54, 1.807) is 0 Å². The molecule has 1 aromatic heterocycles. The molecule has 0 amide bonds. The summed E-state index contributed by atoms with van der Waals surface area (Å²) >= 11 is 0. The van der Waals surface area contributed by atoms with Gasteiger partial charge in [0.25, 0.3) is 0 Å². The highest BCUT2D eigenvalue weighted by Gasteiger charge is 2.24. The molecule has 0 saturated heterocycles. The Morgan fingerprint density at radius 2 is 2.29 bits per heavy atom. The van der Waals surface area contributed by atoms with Crippen molar-refractivity contribution < 1.29 is 0 Å². The third-order valence-electron chi connectivity index (χ3n) is 3.97. The number of rotatable bonds is 4. The molecule has 1 aliphatic carbocycles. The third kappa shape index (κ3) is 3.24. The van der Waals surface area contributed by atoms with Crippen molar-refractivity contribution in [3.05, 3.63) is 12.3 Å². The molecule has 1 aliphatic rings. The molecular formula is C14H25N3. The summed E-state index contributed by atoms with van der Waals surface area (Å²) in [6.07, 6.45) is 7.40. The summed E-state index contributed by atoms with van der Waals surface area (Å²) in [5.74, 6) is 2.74. The van der Waals surface area contributed by atoms with Gasteiger partial charge >= 0.3 is 0 Å². The van der Waals surface area contributed by atoms with Crippen molar-refractivity contribution in [3.63, 3.8) is 0 Å². The van der Waals surface area contributed by atoms with Crippen LogP contribution in [0.5, 0.6) is 0 Å². The lowest BCUT2D eigenvalue weighted by Gasteiger charge is -2.32. The second kappa shape index (κ2) is 5.56. The van der Waals surface area contributed by atoms with Gasteiger partial charge in [0.1, 0.15) is 5.82 Å². The molecule has 0 aliphatic heterocycles. The number of aryl methyl sites for hydroxylation is 1. The van der Waals surface area contributed by atoms with E-state index in [9.17, 15) is 0 Å². The first kappa shape index (κ1) is 12.5. The van der Waals surface area contributed by atoms with Gasteiger partial charge in [-0.15, -0.1) is 0 Å². The monoisotopic (exact) mass is 235 g/mol. The first-order chi connectivity index (χ1) is 8.19. The van der Waals surface area contributed by atoms with Gasteiger partial charge in [0, 0.05) is 24.8 Å². The number of aromatic nitrogens is 2. The van der Waals surface area contributed by atoms with Crippen molar-refractivity contribution in [1.29, 1.82) is 0 Å². The predicted octanol–water partition coefficient (Wildman–Crippen LogP) is 3.53. The molecule has 3 nitrogen and oxygen atoms in total. The maximum absolute atomic E-state index is 4.50. The van der Waals surface area contributed by atoms with Gasteiger partial charge in [-0.3, -0.25) is 4.68 Å². The highest BCUT2D eigenvalue weighted by atomic mass is 15.3. The van der Waals surface area contributed by atoms with Crippen LogP contribution in [0.25, 0.3) is 0 Å². The van der Waals surface area contributed by atoms with E-state index in [1.807, 2.05) is 10.9 Å². The lowest BCUT2D eigenvalue weighted by atomic mass is 9.79. The molecule has 2 unspecified atom stereocenters. The van der Waals surface area contributed by atoms with Crippen molar-refractivity contribution in [2.45, 2.75) is 59.0 Å².